The number of methoxy groups -OCH3 is 1. The number of nitrogens with zero attached hydrogens (tertiary/aromatic N) is 1. The first kappa shape index (κ1) is 24.9. The predicted octanol–water partition coefficient (Wildman–Crippen LogP) is 4.61. The molecule has 0 spiro atoms. The molecule has 0 aromatic heterocycles. The van der Waals surface area contributed by atoms with E-state index >= 15 is 0 Å². The van der Waals surface area contributed by atoms with Gasteiger partial charge < -0.3 is 29.2 Å². The lowest BCUT2D eigenvalue weighted by atomic mass is 10.2. The van der Waals surface area contributed by atoms with Gasteiger partial charge >= 0.3 is 0 Å². The van der Waals surface area contributed by atoms with Crippen LogP contribution in [0.15, 0.2) is 66.7 Å². The van der Waals surface area contributed by atoms with Gasteiger partial charge in [0.25, 0.3) is 11.8 Å². The number of ether oxygens (including phenoxy) is 4. The summed E-state index contributed by atoms with van der Waals surface area (Å²) in [4.78, 5) is 26.8. The monoisotopic (exact) mass is 490 g/mol. The number of hydrogen-bond donors (Lipinski definition) is 1. The summed E-state index contributed by atoms with van der Waals surface area (Å²) in [6.45, 7) is 2.93. The van der Waals surface area contributed by atoms with E-state index in [-0.39, 0.29) is 25.0 Å². The number of benzene rings is 3. The molecule has 3 aromatic rings. The molecule has 8 heteroatoms. The maximum absolute atomic E-state index is 12.6. The molecular weight excluding hydrogens is 460 g/mol. The van der Waals surface area contributed by atoms with E-state index < -0.39 is 0 Å². The summed E-state index contributed by atoms with van der Waals surface area (Å²) in [5.41, 5.74) is 2.33. The molecule has 0 saturated carbocycles. The normalized spacial score (nSPS) is 12.4. The van der Waals surface area contributed by atoms with Crippen LogP contribution < -0.4 is 29.2 Å². The van der Waals surface area contributed by atoms with Gasteiger partial charge in [-0.15, -0.1) is 0 Å². The van der Waals surface area contributed by atoms with Crippen LogP contribution in [-0.4, -0.2) is 45.3 Å². The standard InChI is InChI=1S/C28H30N2O6/c1-20-8-7-9-22(16-20)34-15-6-5-14-30-23-17-21(12-13-24(23)36-19-28(30)32)29-27(31)18-35-26-11-4-3-10-25(26)33-2/h3-4,7-13,16-17H,5-6,14-15,18-19H2,1-2H3,(H,29,31). The summed E-state index contributed by atoms with van der Waals surface area (Å²) >= 11 is 0. The van der Waals surface area contributed by atoms with Crippen molar-refractivity contribution in [3.8, 4) is 23.0 Å². The molecule has 0 aliphatic carbocycles. The molecule has 0 atom stereocenters. The Morgan fingerprint density at radius 1 is 1.00 bits per heavy atom. The molecule has 8 nitrogen and oxygen atoms in total. The second-order valence-electron chi connectivity index (χ2n) is 8.38. The van der Waals surface area contributed by atoms with E-state index in [4.69, 9.17) is 18.9 Å². The first-order valence-corrected chi connectivity index (χ1v) is 11.9. The molecule has 1 heterocycles. The predicted molar refractivity (Wildman–Crippen MR) is 137 cm³/mol. The minimum Gasteiger partial charge on any atom is -0.494 e. The van der Waals surface area contributed by atoms with Crippen LogP contribution >= 0.6 is 0 Å². The maximum atomic E-state index is 12.6. The summed E-state index contributed by atoms with van der Waals surface area (Å²) in [6, 6.07) is 20.3. The molecule has 4 rings (SSSR count). The molecule has 0 unspecified atom stereocenters. The summed E-state index contributed by atoms with van der Waals surface area (Å²) in [5, 5.41) is 2.82. The summed E-state index contributed by atoms with van der Waals surface area (Å²) in [5.74, 6) is 2.03. The zero-order valence-corrected chi connectivity index (χ0v) is 20.5. The van der Waals surface area contributed by atoms with Gasteiger partial charge in [-0.1, -0.05) is 24.3 Å². The number of unbranched alkanes of at least 4 members (excludes halogenated alkanes) is 1. The first-order chi connectivity index (χ1) is 17.5. The van der Waals surface area contributed by atoms with E-state index in [1.54, 1.807) is 48.4 Å². The third kappa shape index (κ3) is 6.47. The van der Waals surface area contributed by atoms with Gasteiger partial charge in [-0.2, -0.15) is 0 Å². The van der Waals surface area contributed by atoms with Crippen molar-refractivity contribution < 1.29 is 28.5 Å². The van der Waals surface area contributed by atoms with Gasteiger partial charge in [0.1, 0.15) is 11.5 Å². The Balaban J connectivity index is 1.32. The Morgan fingerprint density at radius 2 is 1.83 bits per heavy atom. The zero-order chi connectivity index (χ0) is 25.3. The summed E-state index contributed by atoms with van der Waals surface area (Å²) in [7, 11) is 1.54. The third-order valence-corrected chi connectivity index (χ3v) is 5.65. The van der Waals surface area contributed by atoms with Crippen molar-refractivity contribution in [2.24, 2.45) is 0 Å². The Hall–Kier alpha value is -4.20. The average Bonchev–Trinajstić information content (AvgIpc) is 2.88. The first-order valence-electron chi connectivity index (χ1n) is 11.9. The number of aryl methyl sites for hydroxylation is 1. The Bertz CT molecular complexity index is 1210. The van der Waals surface area contributed by atoms with Crippen LogP contribution in [0, 0.1) is 6.92 Å². The zero-order valence-electron chi connectivity index (χ0n) is 20.5. The fourth-order valence-corrected chi connectivity index (χ4v) is 3.87. The van der Waals surface area contributed by atoms with E-state index in [9.17, 15) is 9.59 Å². The number of hydrogen-bond acceptors (Lipinski definition) is 6. The third-order valence-electron chi connectivity index (χ3n) is 5.65. The van der Waals surface area contributed by atoms with E-state index in [0.717, 1.165) is 24.2 Å². The smallest absolute Gasteiger partial charge is 0.265 e. The number of carbonyl (C=O) groups is 2. The molecule has 2 amide bonds. The van der Waals surface area contributed by atoms with E-state index in [1.807, 2.05) is 37.3 Å². The number of fused-ring (bicyclic) bond motifs is 1. The van der Waals surface area contributed by atoms with Gasteiger partial charge in [-0.3, -0.25) is 9.59 Å². The highest BCUT2D eigenvalue weighted by atomic mass is 16.5. The topological polar surface area (TPSA) is 86.3 Å². The molecule has 3 aromatic carbocycles. The van der Waals surface area contributed by atoms with E-state index in [2.05, 4.69) is 5.32 Å². The lowest BCUT2D eigenvalue weighted by molar-refractivity contribution is -0.121. The molecule has 188 valence electrons. The maximum Gasteiger partial charge on any atom is 0.265 e. The average molecular weight is 491 g/mol. The minimum atomic E-state index is -0.330. The van der Waals surface area contributed by atoms with Crippen LogP contribution in [0.3, 0.4) is 0 Å². The molecular formula is C28H30N2O6. The van der Waals surface area contributed by atoms with Gasteiger partial charge in [0.15, 0.2) is 24.7 Å². The largest absolute Gasteiger partial charge is 0.494 e. The van der Waals surface area contributed by atoms with Crippen LogP contribution in [0.5, 0.6) is 23.0 Å². The molecule has 36 heavy (non-hydrogen) atoms. The highest BCUT2D eigenvalue weighted by Crippen LogP contribution is 2.35. The van der Waals surface area contributed by atoms with Gasteiger partial charge in [0, 0.05) is 12.2 Å². The van der Waals surface area contributed by atoms with Crippen molar-refractivity contribution >= 4 is 23.2 Å². The summed E-state index contributed by atoms with van der Waals surface area (Å²) in [6.07, 6.45) is 1.56. The van der Waals surface area contributed by atoms with Crippen LogP contribution in [0.25, 0.3) is 0 Å². The van der Waals surface area contributed by atoms with Crippen molar-refractivity contribution in [3.05, 3.63) is 72.3 Å². The second-order valence-corrected chi connectivity index (χ2v) is 8.38. The quantitative estimate of drug-likeness (QED) is 0.395. The highest BCUT2D eigenvalue weighted by Gasteiger charge is 2.25. The van der Waals surface area contributed by atoms with Crippen molar-refractivity contribution in [1.82, 2.24) is 0 Å². The van der Waals surface area contributed by atoms with Crippen molar-refractivity contribution in [3.63, 3.8) is 0 Å². The Kier molecular flexibility index (Phi) is 8.28. The van der Waals surface area contributed by atoms with Crippen LogP contribution in [0.2, 0.25) is 0 Å². The number of rotatable bonds is 11. The minimum absolute atomic E-state index is 0.00868. The lowest BCUT2D eigenvalue weighted by Crippen LogP contribution is -2.39. The van der Waals surface area contributed by atoms with Crippen LogP contribution in [0.1, 0.15) is 18.4 Å². The SMILES string of the molecule is COc1ccccc1OCC(=O)Nc1ccc2c(c1)N(CCCCOc1cccc(C)c1)C(=O)CO2. The Labute approximate surface area is 210 Å². The number of amides is 2. The van der Waals surface area contributed by atoms with E-state index in [1.165, 1.54) is 0 Å². The van der Waals surface area contributed by atoms with Crippen molar-refractivity contribution in [2.45, 2.75) is 19.8 Å². The number of carbonyl (C=O) groups excluding carboxylic acids is 2. The van der Waals surface area contributed by atoms with Crippen LogP contribution in [-0.2, 0) is 9.59 Å². The summed E-state index contributed by atoms with van der Waals surface area (Å²) < 4.78 is 22.2. The van der Waals surface area contributed by atoms with Crippen molar-refractivity contribution in [2.75, 3.05) is 43.7 Å². The molecule has 0 fully saturated rings. The molecule has 1 aliphatic rings. The molecule has 0 radical (unpaired) electrons. The Morgan fingerprint density at radius 3 is 2.64 bits per heavy atom. The second kappa shape index (κ2) is 12.0. The van der Waals surface area contributed by atoms with Crippen molar-refractivity contribution in [1.29, 1.82) is 0 Å². The van der Waals surface area contributed by atoms with Crippen LogP contribution in [0.4, 0.5) is 11.4 Å². The van der Waals surface area contributed by atoms with Gasteiger partial charge in [-0.05, 0) is 67.8 Å². The lowest BCUT2D eigenvalue weighted by Gasteiger charge is -2.30. The fraction of sp³-hybridized carbons (Fsp3) is 0.286. The number of nitrogens with one attached hydrogen (secondary N) is 1. The fourth-order valence-electron chi connectivity index (χ4n) is 3.87. The molecule has 1 aliphatic heterocycles. The number of anilines is 2. The van der Waals surface area contributed by atoms with E-state index in [0.29, 0.717) is 41.8 Å². The number of para-hydroxylation sites is 2. The van der Waals surface area contributed by atoms with Gasteiger partial charge in [0.2, 0.25) is 0 Å². The molecule has 0 saturated heterocycles. The van der Waals surface area contributed by atoms with Gasteiger partial charge in [0.05, 0.1) is 19.4 Å². The highest BCUT2D eigenvalue weighted by molar-refractivity contribution is 5.99. The molecule has 1 N–H and O–H groups in total. The van der Waals surface area contributed by atoms with Gasteiger partial charge in [-0.25, -0.2) is 0 Å². The molecule has 0 bridgehead atoms.